The predicted molar refractivity (Wildman–Crippen MR) is 172 cm³/mol. The number of carbonyl (C=O) groups excluding carboxylic acids is 1. The molecule has 4 atom stereocenters. The molecule has 4 rings (SSSR count). The van der Waals surface area contributed by atoms with Crippen molar-refractivity contribution in [2.75, 3.05) is 6.61 Å². The van der Waals surface area contributed by atoms with Crippen molar-refractivity contribution in [1.82, 2.24) is 9.55 Å². The summed E-state index contributed by atoms with van der Waals surface area (Å²) in [7, 11) is -4.20. The van der Waals surface area contributed by atoms with E-state index < -0.39 is 50.4 Å². The van der Waals surface area contributed by atoms with Gasteiger partial charge in [-0.15, -0.1) is 0 Å². The number of ether oxygens (including phenoxy) is 2. The van der Waals surface area contributed by atoms with Crippen molar-refractivity contribution < 1.29 is 41.2 Å². The molecular formula is C34H49F2N2O8P. The Morgan fingerprint density at radius 2 is 1.60 bits per heavy atom. The smallest absolute Gasteiger partial charge is 0.453 e. The number of hydrogen-bond acceptors (Lipinski definition) is 9. The Labute approximate surface area is 276 Å². The van der Waals surface area contributed by atoms with Gasteiger partial charge in [-0.25, -0.2) is 9.36 Å². The number of alkyl halides is 2. The standard InChI is InChI=1S/C34H49F2N2O8P/c1-3-4-5-6-7-8-9-10-11-12-13-14-15-16-21-30(39)45-31-29(25-43-47(41)42-24-27-19-17-18-20-28(27)46-47)44-32(34(31,35)36)38-23-22-26(2)37-33(38)40/h17-20,22-23,29,31-32H,3-16,21,24-25H2,1-2H3/t29-,31-,32-,47?/m1/s1. The zero-order chi connectivity index (χ0) is 33.7. The van der Waals surface area contributed by atoms with Crippen molar-refractivity contribution in [3.63, 3.8) is 0 Å². The van der Waals surface area contributed by atoms with Crippen molar-refractivity contribution in [2.45, 2.75) is 141 Å². The highest BCUT2D eigenvalue weighted by atomic mass is 31.2. The number of esters is 1. The highest BCUT2D eigenvalue weighted by molar-refractivity contribution is 7.49. The van der Waals surface area contributed by atoms with Gasteiger partial charge in [0.1, 0.15) is 11.9 Å². The van der Waals surface area contributed by atoms with E-state index in [9.17, 15) is 14.2 Å². The Kier molecular flexibility index (Phi) is 14.4. The largest absolute Gasteiger partial charge is 0.530 e. The Morgan fingerprint density at radius 3 is 2.23 bits per heavy atom. The first-order chi connectivity index (χ1) is 22.6. The van der Waals surface area contributed by atoms with Crippen molar-refractivity contribution in [1.29, 1.82) is 0 Å². The number of hydrogen-bond donors (Lipinski definition) is 0. The molecule has 1 unspecified atom stereocenters. The van der Waals surface area contributed by atoms with Crippen LogP contribution in [0.4, 0.5) is 8.78 Å². The Balaban J connectivity index is 1.26. The lowest BCUT2D eigenvalue weighted by molar-refractivity contribution is -0.176. The van der Waals surface area contributed by atoms with Gasteiger partial charge in [-0.2, -0.15) is 13.8 Å². The Bertz CT molecular complexity index is 1390. The predicted octanol–water partition coefficient (Wildman–Crippen LogP) is 8.60. The Hall–Kier alpha value is -2.66. The maximum atomic E-state index is 15.8. The van der Waals surface area contributed by atoms with Crippen LogP contribution >= 0.6 is 7.82 Å². The van der Waals surface area contributed by atoms with Gasteiger partial charge in [0, 0.05) is 23.9 Å². The average Bonchev–Trinajstić information content (AvgIpc) is 3.28. The van der Waals surface area contributed by atoms with Crippen LogP contribution in [-0.4, -0.2) is 40.3 Å². The lowest BCUT2D eigenvalue weighted by Crippen LogP contribution is -2.44. The van der Waals surface area contributed by atoms with Crippen molar-refractivity contribution in [2.24, 2.45) is 0 Å². The number of fused-ring (bicyclic) bond motifs is 1. The number of carbonyl (C=O) groups is 1. The van der Waals surface area contributed by atoms with E-state index in [0.29, 0.717) is 22.2 Å². The summed E-state index contributed by atoms with van der Waals surface area (Å²) >= 11 is 0. The molecule has 0 amide bonds. The molecule has 1 fully saturated rings. The van der Waals surface area contributed by atoms with Crippen LogP contribution in [0.3, 0.4) is 0 Å². The van der Waals surface area contributed by atoms with Crippen molar-refractivity contribution in [3.05, 3.63) is 58.3 Å². The van der Waals surface area contributed by atoms with Gasteiger partial charge in [0.25, 0.3) is 0 Å². The normalized spacial score (nSPS) is 23.3. The number of aromatic nitrogens is 2. The first-order valence-electron chi connectivity index (χ1n) is 17.1. The maximum Gasteiger partial charge on any atom is 0.530 e. The van der Waals surface area contributed by atoms with Crippen LogP contribution in [-0.2, 0) is 34.5 Å². The summed E-state index contributed by atoms with van der Waals surface area (Å²) in [6.45, 7) is 3.00. The van der Waals surface area contributed by atoms with Crippen molar-refractivity contribution in [3.8, 4) is 5.75 Å². The summed E-state index contributed by atoms with van der Waals surface area (Å²) in [5, 5.41) is 0. The summed E-state index contributed by atoms with van der Waals surface area (Å²) in [6, 6.07) is 8.14. The van der Waals surface area contributed by atoms with Gasteiger partial charge in [0.2, 0.25) is 6.23 Å². The van der Waals surface area contributed by atoms with Gasteiger partial charge < -0.3 is 14.0 Å². The molecule has 2 aliphatic heterocycles. The summed E-state index contributed by atoms with van der Waals surface area (Å²) in [5.41, 5.74) is 0.0356. The highest BCUT2D eigenvalue weighted by Crippen LogP contribution is 2.55. The lowest BCUT2D eigenvalue weighted by Gasteiger charge is -2.27. The quantitative estimate of drug-likeness (QED) is 0.0769. The molecule has 0 spiro atoms. The fraction of sp³-hybridized carbons (Fsp3) is 0.676. The van der Waals surface area contributed by atoms with Gasteiger partial charge in [0.15, 0.2) is 6.10 Å². The molecule has 1 saturated heterocycles. The summed E-state index contributed by atoms with van der Waals surface area (Å²) in [4.78, 5) is 29.0. The number of unbranched alkanes of at least 4 members (excludes halogenated alkanes) is 13. The number of para-hydroxylation sites is 1. The van der Waals surface area contributed by atoms with E-state index in [-0.39, 0.29) is 18.8 Å². The maximum absolute atomic E-state index is 15.8. The van der Waals surface area contributed by atoms with Crippen LogP contribution in [0.25, 0.3) is 0 Å². The van der Waals surface area contributed by atoms with E-state index in [1.807, 2.05) is 0 Å². The minimum Gasteiger partial charge on any atom is -0.453 e. The molecule has 0 bridgehead atoms. The summed E-state index contributed by atoms with van der Waals surface area (Å²) in [6.07, 6.45) is 11.3. The first-order valence-corrected chi connectivity index (χ1v) is 18.5. The number of aryl methyl sites for hydroxylation is 1. The van der Waals surface area contributed by atoms with Gasteiger partial charge in [-0.05, 0) is 25.5 Å². The number of nitrogens with zero attached hydrogens (tertiary/aromatic N) is 2. The van der Waals surface area contributed by atoms with E-state index in [2.05, 4.69) is 11.9 Å². The van der Waals surface area contributed by atoms with Crippen LogP contribution in [0.2, 0.25) is 0 Å². The zero-order valence-electron chi connectivity index (χ0n) is 27.6. The van der Waals surface area contributed by atoms with E-state index in [1.54, 1.807) is 31.2 Å². The van der Waals surface area contributed by atoms with Crippen LogP contribution in [0.5, 0.6) is 5.75 Å². The van der Waals surface area contributed by atoms with Gasteiger partial charge >= 0.3 is 25.4 Å². The first kappa shape index (κ1) is 37.2. The van der Waals surface area contributed by atoms with E-state index in [1.165, 1.54) is 63.9 Å². The number of benzene rings is 1. The fourth-order valence-corrected chi connectivity index (χ4v) is 7.05. The molecule has 2 aromatic rings. The van der Waals surface area contributed by atoms with Gasteiger partial charge in [-0.3, -0.25) is 18.4 Å². The minimum atomic E-state index is -4.20. The number of phosphoric ester groups is 1. The third kappa shape index (κ3) is 10.9. The van der Waals surface area contributed by atoms with Crippen LogP contribution in [0, 0.1) is 6.92 Å². The third-order valence-electron chi connectivity index (χ3n) is 8.52. The van der Waals surface area contributed by atoms with Gasteiger partial charge in [0.05, 0.1) is 13.2 Å². The number of rotatable bonds is 20. The highest BCUT2D eigenvalue weighted by Gasteiger charge is 2.63. The number of halogens is 2. The second kappa shape index (κ2) is 18.2. The molecule has 0 saturated carbocycles. The lowest BCUT2D eigenvalue weighted by atomic mass is 10.0. The monoisotopic (exact) mass is 682 g/mol. The van der Waals surface area contributed by atoms with E-state index in [0.717, 1.165) is 31.9 Å². The molecular weight excluding hydrogens is 633 g/mol. The fourth-order valence-electron chi connectivity index (χ4n) is 5.82. The molecule has 1 aromatic heterocycles. The minimum absolute atomic E-state index is 0.0452. The molecule has 0 radical (unpaired) electrons. The molecule has 262 valence electrons. The van der Waals surface area contributed by atoms with Crippen LogP contribution in [0.15, 0.2) is 41.3 Å². The summed E-state index contributed by atoms with van der Waals surface area (Å²) < 4.78 is 72.5. The SMILES string of the molecule is CCCCCCCCCCCCCCCCC(=O)O[C@@H]1[C@@H](COP2(=O)OCc3ccccc3O2)O[C@@H](n2ccc(C)nc2=O)C1(F)F. The molecule has 2 aliphatic rings. The van der Waals surface area contributed by atoms with Crippen LogP contribution in [0.1, 0.15) is 121 Å². The summed E-state index contributed by atoms with van der Waals surface area (Å²) in [5.74, 6) is -4.37. The molecule has 13 heteroatoms. The third-order valence-corrected chi connectivity index (χ3v) is 9.85. The molecule has 3 heterocycles. The second-order valence-corrected chi connectivity index (χ2v) is 14.0. The average molecular weight is 683 g/mol. The molecule has 10 nitrogen and oxygen atoms in total. The van der Waals surface area contributed by atoms with Crippen molar-refractivity contribution >= 4 is 13.8 Å². The van der Waals surface area contributed by atoms with Crippen LogP contribution < -0.4 is 10.2 Å². The molecule has 1 aromatic carbocycles. The van der Waals surface area contributed by atoms with E-state index in [4.69, 9.17) is 23.0 Å². The van der Waals surface area contributed by atoms with E-state index >= 15 is 8.78 Å². The molecule has 0 aliphatic carbocycles. The second-order valence-electron chi connectivity index (χ2n) is 12.4. The molecule has 0 N–H and O–H groups in total. The Morgan fingerprint density at radius 1 is 0.979 bits per heavy atom. The van der Waals surface area contributed by atoms with Gasteiger partial charge in [-0.1, -0.05) is 109 Å². The molecule has 47 heavy (non-hydrogen) atoms. The zero-order valence-corrected chi connectivity index (χ0v) is 28.5. The topological polar surface area (TPSA) is 115 Å². The number of phosphoric acid groups is 1.